The molecule has 31 heavy (non-hydrogen) atoms. The lowest BCUT2D eigenvalue weighted by Gasteiger charge is -2.25. The molecule has 0 radical (unpaired) electrons. The normalized spacial score (nSPS) is 22.8. The Hall–Kier alpha value is -2.32. The average Bonchev–Trinajstić information content (AvgIpc) is 3.47. The Kier molecular flexibility index (Phi) is 5.87. The fourth-order valence-corrected chi connectivity index (χ4v) is 5.04. The van der Waals surface area contributed by atoms with Gasteiger partial charge in [0.1, 0.15) is 11.3 Å². The topological polar surface area (TPSA) is 83.8 Å². The van der Waals surface area contributed by atoms with Crippen molar-refractivity contribution in [1.82, 2.24) is 9.88 Å². The van der Waals surface area contributed by atoms with E-state index in [0.29, 0.717) is 42.1 Å². The minimum atomic E-state index is -1.30. The van der Waals surface area contributed by atoms with Crippen molar-refractivity contribution in [3.05, 3.63) is 33.9 Å². The first-order valence-corrected chi connectivity index (χ1v) is 10.7. The second kappa shape index (κ2) is 8.31. The van der Waals surface area contributed by atoms with Gasteiger partial charge in [-0.3, -0.25) is 4.79 Å². The molecule has 2 N–H and O–H groups in total. The van der Waals surface area contributed by atoms with Gasteiger partial charge in [0.2, 0.25) is 5.43 Å². The fraction of sp³-hybridized carbons (Fsp3) is 0.545. The van der Waals surface area contributed by atoms with Gasteiger partial charge in [0.05, 0.1) is 17.5 Å². The molecule has 2 aromatic rings. The highest BCUT2D eigenvalue weighted by molar-refractivity contribution is 5.97. The summed E-state index contributed by atoms with van der Waals surface area (Å²) in [4.78, 5) is 26.5. The lowest BCUT2D eigenvalue weighted by atomic mass is 9.94. The molecule has 0 amide bonds. The van der Waals surface area contributed by atoms with E-state index in [2.05, 4.69) is 5.32 Å². The van der Waals surface area contributed by atoms with Crippen LogP contribution in [0.2, 0.25) is 0 Å². The highest BCUT2D eigenvalue weighted by Gasteiger charge is 2.38. The number of aromatic carboxylic acids is 1. The molecule has 3 heterocycles. The molecule has 0 unspecified atom stereocenters. The van der Waals surface area contributed by atoms with Crippen LogP contribution in [0.15, 0.2) is 17.1 Å². The van der Waals surface area contributed by atoms with Gasteiger partial charge < -0.3 is 24.6 Å². The van der Waals surface area contributed by atoms with E-state index in [-0.39, 0.29) is 29.4 Å². The summed E-state index contributed by atoms with van der Waals surface area (Å²) in [7, 11) is 0. The van der Waals surface area contributed by atoms with Gasteiger partial charge in [0, 0.05) is 31.4 Å². The van der Waals surface area contributed by atoms with E-state index in [9.17, 15) is 14.7 Å². The molecule has 0 bridgehead atoms. The lowest BCUT2D eigenvalue weighted by molar-refractivity contribution is 0.0694. The maximum absolute atomic E-state index is 15.5. The first-order valence-electron chi connectivity index (χ1n) is 10.7. The molecule has 2 saturated heterocycles. The van der Waals surface area contributed by atoms with Crippen LogP contribution in [0, 0.1) is 11.7 Å². The van der Waals surface area contributed by atoms with Crippen LogP contribution in [0.3, 0.4) is 0 Å². The fourth-order valence-electron chi connectivity index (χ4n) is 5.04. The molecule has 2 atom stereocenters. The number of carboxylic acids is 1. The van der Waals surface area contributed by atoms with Crippen LogP contribution in [0.1, 0.15) is 49.0 Å². The first kappa shape index (κ1) is 21.9. The van der Waals surface area contributed by atoms with E-state index < -0.39 is 17.2 Å². The van der Waals surface area contributed by atoms with Crippen molar-refractivity contribution in [1.29, 1.82) is 0 Å². The molecule has 168 valence electrons. The summed E-state index contributed by atoms with van der Waals surface area (Å²) in [6.07, 6.45) is 5.43. The van der Waals surface area contributed by atoms with Gasteiger partial charge in [-0.2, -0.15) is 0 Å². The molecular formula is C22H27ClFN3O4. The lowest BCUT2D eigenvalue weighted by Crippen LogP contribution is -2.40. The van der Waals surface area contributed by atoms with Crippen molar-refractivity contribution < 1.29 is 19.0 Å². The number of halogens is 2. The van der Waals surface area contributed by atoms with Crippen molar-refractivity contribution >= 4 is 35.0 Å². The molecule has 1 aromatic carbocycles. The largest absolute Gasteiger partial charge is 0.489 e. The molecule has 7 nitrogen and oxygen atoms in total. The Morgan fingerprint density at radius 2 is 2.10 bits per heavy atom. The molecule has 1 aromatic heterocycles. The summed E-state index contributed by atoms with van der Waals surface area (Å²) in [6, 6.07) is 1.63. The number of carbonyl (C=O) groups is 1. The van der Waals surface area contributed by atoms with Crippen molar-refractivity contribution in [2.24, 2.45) is 5.92 Å². The van der Waals surface area contributed by atoms with Gasteiger partial charge in [-0.05, 0) is 51.1 Å². The first-order chi connectivity index (χ1) is 14.5. The zero-order valence-electron chi connectivity index (χ0n) is 17.4. The molecule has 3 aliphatic rings. The molecule has 5 rings (SSSR count). The van der Waals surface area contributed by atoms with E-state index >= 15 is 4.39 Å². The van der Waals surface area contributed by atoms with Crippen LogP contribution in [0.5, 0.6) is 5.75 Å². The summed E-state index contributed by atoms with van der Waals surface area (Å²) in [5.74, 6) is -1.02. The second-order valence-electron chi connectivity index (χ2n) is 8.55. The SMILES string of the molecule is CCOc1c(N2C[C@@H]3CCCN[C@@H]3C2)c(F)cc2c(=O)c(C(=O)O)cn(C3CC3)c12.Cl. The van der Waals surface area contributed by atoms with E-state index in [4.69, 9.17) is 4.74 Å². The molecule has 3 fully saturated rings. The standard InChI is InChI=1S/C22H26FN3O4.ClH/c1-2-30-21-18-14(20(27)15(22(28)29)10-26(18)13-5-6-13)8-16(23)19(21)25-9-12-4-3-7-24-17(12)11-25;/h8,10,12-13,17,24H,2-7,9,11H2,1H3,(H,28,29);1H/t12-,17+;/m0./s1. The van der Waals surface area contributed by atoms with Crippen molar-refractivity contribution in [2.45, 2.75) is 44.7 Å². The number of fused-ring (bicyclic) bond motifs is 2. The Morgan fingerprint density at radius 1 is 1.32 bits per heavy atom. The Bertz CT molecular complexity index is 1070. The van der Waals surface area contributed by atoms with Gasteiger partial charge in [0.15, 0.2) is 11.6 Å². The highest BCUT2D eigenvalue weighted by atomic mass is 35.5. The Morgan fingerprint density at radius 3 is 2.74 bits per heavy atom. The maximum Gasteiger partial charge on any atom is 0.341 e. The third-order valence-corrected chi connectivity index (χ3v) is 6.57. The Balaban J connectivity index is 0.00000231. The van der Waals surface area contributed by atoms with Gasteiger partial charge in [-0.15, -0.1) is 12.4 Å². The number of anilines is 1. The second-order valence-corrected chi connectivity index (χ2v) is 8.55. The number of hydrogen-bond donors (Lipinski definition) is 2. The number of rotatable bonds is 5. The number of aromatic nitrogens is 1. The van der Waals surface area contributed by atoms with Crippen molar-refractivity contribution in [3.63, 3.8) is 0 Å². The van der Waals surface area contributed by atoms with E-state index in [0.717, 1.165) is 38.8 Å². The highest BCUT2D eigenvalue weighted by Crippen LogP contribution is 2.45. The zero-order valence-corrected chi connectivity index (χ0v) is 18.2. The van der Waals surface area contributed by atoms with Crippen LogP contribution in [0.25, 0.3) is 10.9 Å². The monoisotopic (exact) mass is 451 g/mol. The molecular weight excluding hydrogens is 425 g/mol. The van der Waals surface area contributed by atoms with E-state index in [1.807, 2.05) is 16.4 Å². The molecule has 9 heteroatoms. The van der Waals surface area contributed by atoms with Crippen molar-refractivity contribution in [2.75, 3.05) is 31.1 Å². The number of carboxylic acid groups (broad SMARTS) is 1. The van der Waals surface area contributed by atoms with Crippen LogP contribution in [-0.2, 0) is 0 Å². The molecule has 0 spiro atoms. The average molecular weight is 452 g/mol. The van der Waals surface area contributed by atoms with Gasteiger partial charge in [-0.25, -0.2) is 9.18 Å². The number of nitrogens with one attached hydrogen (secondary N) is 1. The molecule has 1 aliphatic carbocycles. The third-order valence-electron chi connectivity index (χ3n) is 6.57. The summed E-state index contributed by atoms with van der Waals surface area (Å²) in [6.45, 7) is 4.56. The van der Waals surface area contributed by atoms with Gasteiger partial charge >= 0.3 is 5.97 Å². The van der Waals surface area contributed by atoms with Crippen molar-refractivity contribution in [3.8, 4) is 5.75 Å². The number of pyridine rings is 1. The van der Waals surface area contributed by atoms with Crippen LogP contribution in [0.4, 0.5) is 10.1 Å². The predicted octanol–water partition coefficient (Wildman–Crippen LogP) is 3.18. The quantitative estimate of drug-likeness (QED) is 0.726. The number of hydrogen-bond acceptors (Lipinski definition) is 5. The zero-order chi connectivity index (χ0) is 21.0. The summed E-state index contributed by atoms with van der Waals surface area (Å²) < 4.78 is 23.2. The number of piperidine rings is 1. The number of ether oxygens (including phenoxy) is 1. The van der Waals surface area contributed by atoms with Gasteiger partial charge in [-0.1, -0.05) is 0 Å². The minimum absolute atomic E-state index is 0. The molecule has 1 saturated carbocycles. The summed E-state index contributed by atoms with van der Waals surface area (Å²) in [5, 5.41) is 13.1. The van der Waals surface area contributed by atoms with Crippen LogP contribution < -0.4 is 20.4 Å². The van der Waals surface area contributed by atoms with Crippen LogP contribution in [-0.4, -0.2) is 47.9 Å². The summed E-state index contributed by atoms with van der Waals surface area (Å²) in [5.41, 5.74) is -0.107. The Labute approximate surface area is 185 Å². The van der Waals surface area contributed by atoms with Gasteiger partial charge in [0.25, 0.3) is 0 Å². The predicted molar refractivity (Wildman–Crippen MR) is 119 cm³/mol. The smallest absolute Gasteiger partial charge is 0.341 e. The van der Waals surface area contributed by atoms with Crippen LogP contribution >= 0.6 is 12.4 Å². The minimum Gasteiger partial charge on any atom is -0.489 e. The maximum atomic E-state index is 15.5. The number of benzene rings is 1. The molecule has 2 aliphatic heterocycles. The summed E-state index contributed by atoms with van der Waals surface area (Å²) >= 11 is 0. The number of nitrogens with zero attached hydrogens (tertiary/aromatic N) is 2. The third kappa shape index (κ3) is 3.65. The van der Waals surface area contributed by atoms with E-state index in [1.54, 1.807) is 0 Å². The van der Waals surface area contributed by atoms with E-state index in [1.165, 1.54) is 12.3 Å².